The van der Waals surface area contributed by atoms with Crippen molar-refractivity contribution in [2.75, 3.05) is 31.7 Å². The van der Waals surface area contributed by atoms with Crippen LogP contribution in [0, 0.1) is 0 Å². The molecule has 1 saturated heterocycles. The molecule has 1 heterocycles. The van der Waals surface area contributed by atoms with Gasteiger partial charge in [-0.2, -0.15) is 11.8 Å². The number of ether oxygens (including phenoxy) is 1. The molecule has 0 aromatic heterocycles. The van der Waals surface area contributed by atoms with Crippen LogP contribution in [-0.2, 0) is 4.74 Å². The van der Waals surface area contributed by atoms with E-state index in [0.29, 0.717) is 12.1 Å². The molecule has 0 amide bonds. The summed E-state index contributed by atoms with van der Waals surface area (Å²) in [5.74, 6) is 1.13. The molecule has 1 unspecified atom stereocenters. The fourth-order valence-electron chi connectivity index (χ4n) is 1.50. The third-order valence-electron chi connectivity index (χ3n) is 2.25. The lowest BCUT2D eigenvalue weighted by atomic mass is 10.2. The first kappa shape index (κ1) is 10.4. The van der Waals surface area contributed by atoms with Gasteiger partial charge in [-0.1, -0.05) is 0 Å². The summed E-state index contributed by atoms with van der Waals surface area (Å²) in [6, 6.07) is 0.665. The fraction of sp³-hybridized carbons (Fsp3) is 1.00. The van der Waals surface area contributed by atoms with E-state index in [1.807, 2.05) is 11.8 Å². The van der Waals surface area contributed by atoms with Crippen LogP contribution >= 0.6 is 11.8 Å². The summed E-state index contributed by atoms with van der Waals surface area (Å²) in [6.07, 6.45) is 2.59. The molecule has 1 fully saturated rings. The first-order valence-electron chi connectivity index (χ1n) is 4.58. The number of thioether (sulfide) groups is 1. The van der Waals surface area contributed by atoms with Crippen LogP contribution in [0.5, 0.6) is 0 Å². The Kier molecular flexibility index (Phi) is 4.40. The summed E-state index contributed by atoms with van der Waals surface area (Å²) < 4.78 is 5.64. The Balaban J connectivity index is 2.30. The Morgan fingerprint density at radius 1 is 1.58 bits per heavy atom. The molecule has 1 aliphatic heterocycles. The molecule has 0 saturated carbocycles. The molecule has 72 valence electrons. The maximum absolute atomic E-state index is 5.64. The van der Waals surface area contributed by atoms with E-state index in [9.17, 15) is 0 Å². The number of hydrogen-bond donors (Lipinski definition) is 0. The second-order valence-electron chi connectivity index (χ2n) is 3.54. The zero-order valence-corrected chi connectivity index (χ0v) is 9.06. The highest BCUT2D eigenvalue weighted by Crippen LogP contribution is 2.11. The van der Waals surface area contributed by atoms with Gasteiger partial charge in [0.25, 0.3) is 0 Å². The normalized spacial score (nSPS) is 26.5. The lowest BCUT2D eigenvalue weighted by Crippen LogP contribution is -2.46. The Morgan fingerprint density at radius 2 is 2.33 bits per heavy atom. The zero-order valence-electron chi connectivity index (χ0n) is 8.25. The molecule has 0 N–H and O–H groups in total. The van der Waals surface area contributed by atoms with Gasteiger partial charge in [-0.3, -0.25) is 4.90 Å². The van der Waals surface area contributed by atoms with Gasteiger partial charge in [-0.05, 0) is 20.1 Å². The molecule has 1 rings (SSSR count). The van der Waals surface area contributed by atoms with E-state index in [0.717, 1.165) is 25.4 Å². The molecular formula is C9H19NOS. The van der Waals surface area contributed by atoms with Crippen molar-refractivity contribution in [3.05, 3.63) is 0 Å². The second kappa shape index (κ2) is 5.10. The molecule has 0 aromatic carbocycles. The molecule has 3 heteroatoms. The summed E-state index contributed by atoms with van der Waals surface area (Å²) in [5, 5.41) is 0. The van der Waals surface area contributed by atoms with Gasteiger partial charge in [0.2, 0.25) is 0 Å². The van der Waals surface area contributed by atoms with Crippen LogP contribution in [0.3, 0.4) is 0 Å². The van der Waals surface area contributed by atoms with Crippen molar-refractivity contribution < 1.29 is 4.74 Å². The van der Waals surface area contributed by atoms with Gasteiger partial charge < -0.3 is 4.74 Å². The molecule has 0 radical (unpaired) electrons. The monoisotopic (exact) mass is 189 g/mol. The maximum atomic E-state index is 5.64. The summed E-state index contributed by atoms with van der Waals surface area (Å²) in [5.41, 5.74) is 0. The number of hydrogen-bond acceptors (Lipinski definition) is 3. The lowest BCUT2D eigenvalue weighted by molar-refractivity contribution is -0.0264. The van der Waals surface area contributed by atoms with E-state index in [1.54, 1.807) is 0 Å². The quantitative estimate of drug-likeness (QED) is 0.667. The standard InChI is InChI=1S/C9H19NOS/c1-8(2)10-4-5-11-9(6-10)7-12-3/h8-9H,4-7H2,1-3H3. The number of rotatable bonds is 3. The fourth-order valence-corrected chi connectivity index (χ4v) is 2.07. The van der Waals surface area contributed by atoms with Gasteiger partial charge in [0.1, 0.15) is 0 Å². The minimum absolute atomic E-state index is 0.455. The van der Waals surface area contributed by atoms with Crippen LogP contribution in [0.25, 0.3) is 0 Å². The van der Waals surface area contributed by atoms with Gasteiger partial charge in [-0.15, -0.1) is 0 Å². The van der Waals surface area contributed by atoms with Crippen molar-refractivity contribution in [2.45, 2.75) is 26.0 Å². The molecule has 2 nitrogen and oxygen atoms in total. The van der Waals surface area contributed by atoms with Gasteiger partial charge in [-0.25, -0.2) is 0 Å². The van der Waals surface area contributed by atoms with Crippen molar-refractivity contribution in [1.82, 2.24) is 4.90 Å². The highest BCUT2D eigenvalue weighted by molar-refractivity contribution is 7.98. The molecule has 0 spiro atoms. The topological polar surface area (TPSA) is 12.5 Å². The zero-order chi connectivity index (χ0) is 8.97. The van der Waals surface area contributed by atoms with Crippen molar-refractivity contribution in [2.24, 2.45) is 0 Å². The van der Waals surface area contributed by atoms with E-state index in [4.69, 9.17) is 4.74 Å². The van der Waals surface area contributed by atoms with Crippen LogP contribution in [-0.4, -0.2) is 48.8 Å². The summed E-state index contributed by atoms with van der Waals surface area (Å²) >= 11 is 1.87. The van der Waals surface area contributed by atoms with E-state index >= 15 is 0 Å². The van der Waals surface area contributed by atoms with Crippen molar-refractivity contribution in [3.8, 4) is 0 Å². The van der Waals surface area contributed by atoms with Crippen molar-refractivity contribution in [3.63, 3.8) is 0 Å². The van der Waals surface area contributed by atoms with Gasteiger partial charge in [0.15, 0.2) is 0 Å². The molecule has 12 heavy (non-hydrogen) atoms. The molecule has 1 atom stereocenters. The highest BCUT2D eigenvalue weighted by Gasteiger charge is 2.21. The molecule has 0 aliphatic carbocycles. The van der Waals surface area contributed by atoms with E-state index in [1.165, 1.54) is 0 Å². The first-order chi connectivity index (χ1) is 5.74. The number of morpholine rings is 1. The minimum Gasteiger partial charge on any atom is -0.375 e. The Hall–Kier alpha value is 0.270. The van der Waals surface area contributed by atoms with Gasteiger partial charge >= 0.3 is 0 Å². The molecule has 1 aliphatic rings. The van der Waals surface area contributed by atoms with Crippen LogP contribution < -0.4 is 0 Å². The Morgan fingerprint density at radius 3 is 2.92 bits per heavy atom. The SMILES string of the molecule is CSCC1CN(C(C)C)CCO1. The van der Waals surface area contributed by atoms with Crippen molar-refractivity contribution in [1.29, 1.82) is 0 Å². The predicted molar refractivity (Wildman–Crippen MR) is 54.8 cm³/mol. The molecule has 0 bridgehead atoms. The molecule has 0 aromatic rings. The highest BCUT2D eigenvalue weighted by atomic mass is 32.2. The summed E-state index contributed by atoms with van der Waals surface area (Å²) in [6.45, 7) is 7.62. The van der Waals surface area contributed by atoms with Gasteiger partial charge in [0, 0.05) is 24.9 Å². The van der Waals surface area contributed by atoms with E-state index in [2.05, 4.69) is 25.0 Å². The predicted octanol–water partition coefficient (Wildman–Crippen LogP) is 1.46. The third-order valence-corrected chi connectivity index (χ3v) is 2.96. The Bertz CT molecular complexity index is 128. The van der Waals surface area contributed by atoms with Crippen LogP contribution in [0.1, 0.15) is 13.8 Å². The minimum atomic E-state index is 0.455. The van der Waals surface area contributed by atoms with Gasteiger partial charge in [0.05, 0.1) is 12.7 Å². The average Bonchev–Trinajstić information content (AvgIpc) is 2.05. The summed E-state index contributed by atoms with van der Waals surface area (Å²) in [4.78, 5) is 2.49. The first-order valence-corrected chi connectivity index (χ1v) is 5.98. The van der Waals surface area contributed by atoms with Crippen molar-refractivity contribution >= 4 is 11.8 Å². The van der Waals surface area contributed by atoms with Crippen LogP contribution in [0.4, 0.5) is 0 Å². The van der Waals surface area contributed by atoms with Crippen LogP contribution in [0.15, 0.2) is 0 Å². The molecular weight excluding hydrogens is 170 g/mol. The second-order valence-corrected chi connectivity index (χ2v) is 4.45. The average molecular weight is 189 g/mol. The van der Waals surface area contributed by atoms with E-state index < -0.39 is 0 Å². The maximum Gasteiger partial charge on any atom is 0.0792 e. The third kappa shape index (κ3) is 2.96. The summed E-state index contributed by atoms with van der Waals surface area (Å²) in [7, 11) is 0. The van der Waals surface area contributed by atoms with E-state index in [-0.39, 0.29) is 0 Å². The van der Waals surface area contributed by atoms with Crippen LogP contribution in [0.2, 0.25) is 0 Å². The smallest absolute Gasteiger partial charge is 0.0792 e. The largest absolute Gasteiger partial charge is 0.375 e. The number of nitrogens with zero attached hydrogens (tertiary/aromatic N) is 1. The Labute approximate surface area is 79.6 Å². The lowest BCUT2D eigenvalue weighted by Gasteiger charge is -2.35.